The van der Waals surface area contributed by atoms with Crippen molar-refractivity contribution in [2.75, 3.05) is 11.9 Å². The number of halogens is 2. The average molecular weight is 304 g/mol. The number of rotatable bonds is 4. The number of phenolic OH excluding ortho intramolecular Hbond substituents is 1. The quantitative estimate of drug-likeness (QED) is 0.814. The van der Waals surface area contributed by atoms with Gasteiger partial charge in [-0.05, 0) is 25.5 Å². The fourth-order valence-electron chi connectivity index (χ4n) is 2.46. The SMILES string of the molecule is CCOC1CC(Nc2cc(Cl)c(O)c(Cl)c2)C1(C)C. The summed E-state index contributed by atoms with van der Waals surface area (Å²) in [5.74, 6) is -0.0751. The minimum absolute atomic E-state index is 0.0623. The Balaban J connectivity index is 2.07. The van der Waals surface area contributed by atoms with Crippen LogP contribution in [0.4, 0.5) is 5.69 Å². The van der Waals surface area contributed by atoms with E-state index in [4.69, 9.17) is 27.9 Å². The Morgan fingerprint density at radius 3 is 2.42 bits per heavy atom. The molecule has 0 bridgehead atoms. The van der Waals surface area contributed by atoms with Crippen LogP contribution in [0, 0.1) is 5.41 Å². The van der Waals surface area contributed by atoms with Gasteiger partial charge in [0.15, 0.2) is 5.75 Å². The summed E-state index contributed by atoms with van der Waals surface area (Å²) in [6.45, 7) is 7.10. The highest BCUT2D eigenvalue weighted by atomic mass is 35.5. The first-order valence-electron chi connectivity index (χ1n) is 6.42. The van der Waals surface area contributed by atoms with Crippen LogP contribution in [0.2, 0.25) is 10.0 Å². The lowest BCUT2D eigenvalue weighted by atomic mass is 9.64. The zero-order valence-corrected chi connectivity index (χ0v) is 12.8. The van der Waals surface area contributed by atoms with Crippen molar-refractivity contribution in [3.05, 3.63) is 22.2 Å². The molecule has 106 valence electrons. The number of ether oxygens (including phenoxy) is 1. The number of nitrogens with one attached hydrogen (secondary N) is 1. The molecule has 0 spiro atoms. The van der Waals surface area contributed by atoms with Crippen LogP contribution in [-0.2, 0) is 4.74 Å². The number of hydrogen-bond acceptors (Lipinski definition) is 3. The van der Waals surface area contributed by atoms with Crippen LogP contribution in [0.3, 0.4) is 0 Å². The lowest BCUT2D eigenvalue weighted by Gasteiger charge is -2.52. The molecule has 1 aromatic carbocycles. The van der Waals surface area contributed by atoms with Crippen molar-refractivity contribution < 1.29 is 9.84 Å². The molecule has 5 heteroatoms. The van der Waals surface area contributed by atoms with Crippen LogP contribution in [0.15, 0.2) is 12.1 Å². The van der Waals surface area contributed by atoms with Gasteiger partial charge < -0.3 is 15.2 Å². The summed E-state index contributed by atoms with van der Waals surface area (Å²) in [6, 6.07) is 3.68. The van der Waals surface area contributed by atoms with Gasteiger partial charge in [0.25, 0.3) is 0 Å². The maximum absolute atomic E-state index is 9.54. The molecule has 2 atom stereocenters. The topological polar surface area (TPSA) is 41.5 Å². The van der Waals surface area contributed by atoms with E-state index >= 15 is 0 Å². The van der Waals surface area contributed by atoms with Crippen molar-refractivity contribution >= 4 is 28.9 Å². The summed E-state index contributed by atoms with van der Waals surface area (Å²) in [5, 5.41) is 13.5. The van der Waals surface area contributed by atoms with E-state index in [0.29, 0.717) is 6.04 Å². The van der Waals surface area contributed by atoms with Crippen molar-refractivity contribution in [2.45, 2.75) is 39.3 Å². The second-order valence-corrected chi connectivity index (χ2v) is 6.30. The highest BCUT2D eigenvalue weighted by molar-refractivity contribution is 6.37. The first-order valence-corrected chi connectivity index (χ1v) is 7.18. The Morgan fingerprint density at radius 2 is 1.95 bits per heavy atom. The van der Waals surface area contributed by atoms with E-state index in [-0.39, 0.29) is 27.3 Å². The molecule has 1 aromatic rings. The van der Waals surface area contributed by atoms with Crippen LogP contribution in [0.25, 0.3) is 0 Å². The third kappa shape index (κ3) is 2.78. The van der Waals surface area contributed by atoms with E-state index in [0.717, 1.165) is 18.7 Å². The standard InChI is InChI=1S/C14H19Cl2NO2/c1-4-19-12-7-11(14(12,2)3)17-8-5-9(15)13(18)10(16)6-8/h5-6,11-12,17-18H,4,7H2,1-3H3. The normalized spacial score (nSPS) is 24.9. The van der Waals surface area contributed by atoms with Gasteiger partial charge in [-0.3, -0.25) is 0 Å². The molecule has 1 fully saturated rings. The molecule has 0 radical (unpaired) electrons. The van der Waals surface area contributed by atoms with E-state index in [9.17, 15) is 5.11 Å². The van der Waals surface area contributed by atoms with Crippen molar-refractivity contribution in [1.82, 2.24) is 0 Å². The van der Waals surface area contributed by atoms with Gasteiger partial charge in [0.1, 0.15) is 0 Å². The Hall–Kier alpha value is -0.640. The van der Waals surface area contributed by atoms with Gasteiger partial charge in [0.2, 0.25) is 0 Å². The van der Waals surface area contributed by atoms with Gasteiger partial charge in [-0.25, -0.2) is 0 Å². The number of hydrogen-bond donors (Lipinski definition) is 2. The van der Waals surface area contributed by atoms with Gasteiger partial charge in [0, 0.05) is 23.8 Å². The second kappa shape index (κ2) is 5.39. The third-order valence-corrected chi connectivity index (χ3v) is 4.48. The first-order chi connectivity index (χ1) is 8.86. The zero-order chi connectivity index (χ0) is 14.2. The molecule has 0 aliphatic heterocycles. The van der Waals surface area contributed by atoms with Crippen molar-refractivity contribution in [2.24, 2.45) is 5.41 Å². The summed E-state index contributed by atoms with van der Waals surface area (Å²) >= 11 is 11.8. The van der Waals surface area contributed by atoms with E-state index < -0.39 is 0 Å². The predicted molar refractivity (Wildman–Crippen MR) is 79.3 cm³/mol. The highest BCUT2D eigenvalue weighted by Gasteiger charge is 2.48. The average Bonchev–Trinajstić information content (AvgIpc) is 2.34. The molecular formula is C14H19Cl2NO2. The Labute approximate surface area is 123 Å². The monoisotopic (exact) mass is 303 g/mol. The fourth-order valence-corrected chi connectivity index (χ4v) is 2.95. The summed E-state index contributed by atoms with van der Waals surface area (Å²) < 4.78 is 5.70. The van der Waals surface area contributed by atoms with Crippen molar-refractivity contribution in [3.63, 3.8) is 0 Å². The van der Waals surface area contributed by atoms with E-state index in [1.165, 1.54) is 0 Å². The summed E-state index contributed by atoms with van der Waals surface area (Å²) in [6.07, 6.45) is 1.23. The third-order valence-electron chi connectivity index (χ3n) is 3.90. The fraction of sp³-hybridized carbons (Fsp3) is 0.571. The van der Waals surface area contributed by atoms with Crippen molar-refractivity contribution in [1.29, 1.82) is 0 Å². The number of phenols is 1. The lowest BCUT2D eigenvalue weighted by Crippen LogP contribution is -2.58. The summed E-state index contributed by atoms with van der Waals surface area (Å²) in [7, 11) is 0. The Bertz CT molecular complexity index is 454. The molecule has 0 amide bonds. The highest BCUT2D eigenvalue weighted by Crippen LogP contribution is 2.45. The molecule has 0 aromatic heterocycles. The van der Waals surface area contributed by atoms with E-state index in [2.05, 4.69) is 19.2 Å². The van der Waals surface area contributed by atoms with E-state index in [1.54, 1.807) is 12.1 Å². The molecule has 1 aliphatic rings. The molecular weight excluding hydrogens is 285 g/mol. The first kappa shape index (κ1) is 14.8. The van der Waals surface area contributed by atoms with Crippen molar-refractivity contribution in [3.8, 4) is 5.75 Å². The molecule has 19 heavy (non-hydrogen) atoms. The number of aromatic hydroxyl groups is 1. The molecule has 3 nitrogen and oxygen atoms in total. The number of benzene rings is 1. The molecule has 2 N–H and O–H groups in total. The minimum Gasteiger partial charge on any atom is -0.505 e. The second-order valence-electron chi connectivity index (χ2n) is 5.49. The van der Waals surface area contributed by atoms with Crippen LogP contribution in [0.1, 0.15) is 27.2 Å². The molecule has 2 rings (SSSR count). The largest absolute Gasteiger partial charge is 0.505 e. The van der Waals surface area contributed by atoms with Crippen LogP contribution in [-0.4, -0.2) is 23.9 Å². The van der Waals surface area contributed by atoms with Gasteiger partial charge in [-0.15, -0.1) is 0 Å². The van der Waals surface area contributed by atoms with Crippen LogP contribution in [0.5, 0.6) is 5.75 Å². The lowest BCUT2D eigenvalue weighted by molar-refractivity contribution is -0.0975. The molecule has 0 heterocycles. The summed E-state index contributed by atoms with van der Waals surface area (Å²) in [5.41, 5.74) is 0.883. The Morgan fingerprint density at radius 1 is 1.37 bits per heavy atom. The van der Waals surface area contributed by atoms with Gasteiger partial charge in [0.05, 0.1) is 16.1 Å². The molecule has 1 aliphatic carbocycles. The molecule has 1 saturated carbocycles. The molecule has 0 saturated heterocycles. The van der Waals surface area contributed by atoms with Gasteiger partial charge in [-0.2, -0.15) is 0 Å². The van der Waals surface area contributed by atoms with Crippen LogP contribution < -0.4 is 5.32 Å². The smallest absolute Gasteiger partial charge is 0.152 e. The number of anilines is 1. The maximum Gasteiger partial charge on any atom is 0.152 e. The predicted octanol–water partition coefficient (Wildman–Crippen LogP) is 4.31. The Kier molecular flexibility index (Phi) is 4.19. The van der Waals surface area contributed by atoms with Gasteiger partial charge in [-0.1, -0.05) is 37.0 Å². The van der Waals surface area contributed by atoms with Gasteiger partial charge >= 0.3 is 0 Å². The maximum atomic E-state index is 9.54. The minimum atomic E-state index is -0.0751. The molecule has 2 unspecified atom stereocenters. The van der Waals surface area contributed by atoms with Crippen LogP contribution >= 0.6 is 23.2 Å². The summed E-state index contributed by atoms with van der Waals surface area (Å²) in [4.78, 5) is 0. The van der Waals surface area contributed by atoms with E-state index in [1.807, 2.05) is 6.92 Å². The zero-order valence-electron chi connectivity index (χ0n) is 11.3.